The van der Waals surface area contributed by atoms with Crippen molar-refractivity contribution in [2.75, 3.05) is 20.2 Å². The summed E-state index contributed by atoms with van der Waals surface area (Å²) >= 11 is 0. The van der Waals surface area contributed by atoms with Gasteiger partial charge in [0.1, 0.15) is 5.76 Å². The van der Waals surface area contributed by atoms with Crippen LogP contribution in [-0.2, 0) is 9.53 Å². The molecule has 3 nitrogen and oxygen atoms in total. The van der Waals surface area contributed by atoms with Crippen molar-refractivity contribution in [2.45, 2.75) is 52.0 Å². The molecule has 0 aromatic carbocycles. The number of rotatable bonds is 9. The van der Waals surface area contributed by atoms with Crippen molar-refractivity contribution in [1.29, 1.82) is 0 Å². The average Bonchev–Trinajstić information content (AvgIpc) is 2.46. The molecule has 1 aliphatic rings. The number of allylic oxidation sites excluding steroid dienone is 1. The SMILES string of the molecule is CCCCN(CCCC)C1C=C(OC)C(C=O)=CC1. The van der Waals surface area contributed by atoms with Crippen molar-refractivity contribution in [3.8, 4) is 0 Å². The van der Waals surface area contributed by atoms with E-state index in [0.29, 0.717) is 11.6 Å². The lowest BCUT2D eigenvalue weighted by atomic mass is 10.00. The van der Waals surface area contributed by atoms with Crippen molar-refractivity contribution in [3.05, 3.63) is 23.5 Å². The van der Waals surface area contributed by atoms with Gasteiger partial charge in [-0.05, 0) is 38.4 Å². The third-order valence-corrected chi connectivity index (χ3v) is 3.62. The summed E-state index contributed by atoms with van der Waals surface area (Å²) in [6.45, 7) is 6.69. The van der Waals surface area contributed by atoms with E-state index >= 15 is 0 Å². The number of aldehydes is 1. The molecule has 0 aliphatic heterocycles. The molecule has 19 heavy (non-hydrogen) atoms. The number of unbranched alkanes of at least 4 members (excludes halogenated alkanes) is 2. The Kier molecular flexibility index (Phi) is 7.49. The lowest BCUT2D eigenvalue weighted by molar-refractivity contribution is -0.105. The molecule has 0 saturated carbocycles. The van der Waals surface area contributed by atoms with Crippen LogP contribution in [0.2, 0.25) is 0 Å². The number of hydrogen-bond donors (Lipinski definition) is 0. The lowest BCUT2D eigenvalue weighted by Gasteiger charge is -2.31. The number of carbonyl (C=O) groups is 1. The molecular formula is C16H27NO2. The summed E-state index contributed by atoms with van der Waals surface area (Å²) in [6.07, 6.45) is 10.8. The van der Waals surface area contributed by atoms with Gasteiger partial charge in [0.05, 0.1) is 12.7 Å². The van der Waals surface area contributed by atoms with Gasteiger partial charge in [0.2, 0.25) is 0 Å². The normalized spacial score (nSPS) is 19.1. The Morgan fingerprint density at radius 2 is 1.95 bits per heavy atom. The Morgan fingerprint density at radius 3 is 2.42 bits per heavy atom. The Bertz CT molecular complexity index is 326. The van der Waals surface area contributed by atoms with E-state index in [1.165, 1.54) is 25.7 Å². The van der Waals surface area contributed by atoms with Crippen LogP contribution in [0.4, 0.5) is 0 Å². The van der Waals surface area contributed by atoms with Gasteiger partial charge in [0.25, 0.3) is 0 Å². The van der Waals surface area contributed by atoms with Crippen molar-refractivity contribution < 1.29 is 9.53 Å². The summed E-state index contributed by atoms with van der Waals surface area (Å²) in [5.74, 6) is 0.726. The number of ether oxygens (including phenoxy) is 1. The minimum Gasteiger partial charge on any atom is -0.496 e. The molecule has 0 aromatic heterocycles. The van der Waals surface area contributed by atoms with Crippen LogP contribution in [-0.4, -0.2) is 37.4 Å². The topological polar surface area (TPSA) is 29.5 Å². The van der Waals surface area contributed by atoms with Gasteiger partial charge in [-0.3, -0.25) is 9.69 Å². The Labute approximate surface area is 117 Å². The first-order chi connectivity index (χ1) is 9.26. The van der Waals surface area contributed by atoms with Gasteiger partial charge in [-0.1, -0.05) is 32.8 Å². The predicted molar refractivity (Wildman–Crippen MR) is 79.0 cm³/mol. The summed E-state index contributed by atoms with van der Waals surface area (Å²) in [5.41, 5.74) is 0.685. The maximum absolute atomic E-state index is 10.9. The molecule has 0 aromatic rings. The van der Waals surface area contributed by atoms with E-state index < -0.39 is 0 Å². The molecule has 0 amide bonds. The first-order valence-corrected chi connectivity index (χ1v) is 7.42. The Balaban J connectivity index is 2.71. The largest absolute Gasteiger partial charge is 0.496 e. The van der Waals surface area contributed by atoms with E-state index in [1.807, 2.05) is 6.08 Å². The van der Waals surface area contributed by atoms with Crippen LogP contribution in [0.5, 0.6) is 0 Å². The molecule has 108 valence electrons. The van der Waals surface area contributed by atoms with Crippen LogP contribution in [0.15, 0.2) is 23.5 Å². The van der Waals surface area contributed by atoms with Crippen molar-refractivity contribution in [3.63, 3.8) is 0 Å². The van der Waals surface area contributed by atoms with Crippen molar-refractivity contribution in [1.82, 2.24) is 4.90 Å². The number of nitrogens with zero attached hydrogens (tertiary/aromatic N) is 1. The molecule has 1 atom stereocenters. The van der Waals surface area contributed by atoms with Crippen LogP contribution < -0.4 is 0 Å². The highest BCUT2D eigenvalue weighted by Gasteiger charge is 2.21. The van der Waals surface area contributed by atoms with E-state index in [4.69, 9.17) is 4.74 Å². The summed E-state index contributed by atoms with van der Waals surface area (Å²) in [6, 6.07) is 0.372. The van der Waals surface area contributed by atoms with Crippen LogP contribution in [0.3, 0.4) is 0 Å². The molecule has 0 N–H and O–H groups in total. The molecule has 0 saturated heterocycles. The first kappa shape index (κ1) is 16.0. The second-order valence-electron chi connectivity index (χ2n) is 5.06. The van der Waals surface area contributed by atoms with Gasteiger partial charge in [-0.2, -0.15) is 0 Å². The van der Waals surface area contributed by atoms with Gasteiger partial charge < -0.3 is 4.74 Å². The molecule has 0 bridgehead atoms. The van der Waals surface area contributed by atoms with E-state index in [9.17, 15) is 4.79 Å². The predicted octanol–water partition coefficient (Wildman–Crippen LogP) is 3.32. The smallest absolute Gasteiger partial charge is 0.153 e. The maximum Gasteiger partial charge on any atom is 0.153 e. The fourth-order valence-electron chi connectivity index (χ4n) is 2.40. The first-order valence-electron chi connectivity index (χ1n) is 7.42. The van der Waals surface area contributed by atoms with Gasteiger partial charge in [0, 0.05) is 6.04 Å². The zero-order valence-corrected chi connectivity index (χ0v) is 12.5. The van der Waals surface area contributed by atoms with Gasteiger partial charge in [0.15, 0.2) is 6.29 Å². The van der Waals surface area contributed by atoms with E-state index in [0.717, 1.165) is 31.6 Å². The number of methoxy groups -OCH3 is 1. The minimum absolute atomic E-state index is 0.372. The third-order valence-electron chi connectivity index (χ3n) is 3.62. The standard InChI is InChI=1S/C16H27NO2/c1-4-6-10-17(11-7-5-2)15-9-8-14(13-18)16(12-15)19-3/h8,12-13,15H,4-7,9-11H2,1-3H3. The highest BCUT2D eigenvalue weighted by Crippen LogP contribution is 2.22. The van der Waals surface area contributed by atoms with E-state index in [-0.39, 0.29) is 0 Å². The van der Waals surface area contributed by atoms with Crippen molar-refractivity contribution in [2.24, 2.45) is 0 Å². The zero-order chi connectivity index (χ0) is 14.1. The molecule has 1 rings (SSSR count). The Hall–Kier alpha value is -1.09. The molecule has 3 heteroatoms. The van der Waals surface area contributed by atoms with E-state index in [1.54, 1.807) is 7.11 Å². The molecule has 0 fully saturated rings. The van der Waals surface area contributed by atoms with E-state index in [2.05, 4.69) is 24.8 Å². The highest BCUT2D eigenvalue weighted by atomic mass is 16.5. The van der Waals surface area contributed by atoms with Crippen molar-refractivity contribution >= 4 is 6.29 Å². The van der Waals surface area contributed by atoms with Crippen LogP contribution in [0.25, 0.3) is 0 Å². The molecule has 0 radical (unpaired) electrons. The second kappa shape index (κ2) is 8.92. The van der Waals surface area contributed by atoms with Crippen LogP contribution in [0, 0.1) is 0 Å². The summed E-state index contributed by atoms with van der Waals surface area (Å²) in [4.78, 5) is 13.5. The van der Waals surface area contributed by atoms with Gasteiger partial charge in [-0.15, -0.1) is 0 Å². The minimum atomic E-state index is 0.372. The average molecular weight is 265 g/mol. The van der Waals surface area contributed by atoms with Crippen LogP contribution >= 0.6 is 0 Å². The molecule has 0 spiro atoms. The molecule has 1 aliphatic carbocycles. The zero-order valence-electron chi connectivity index (χ0n) is 12.5. The summed E-state index contributed by atoms with van der Waals surface area (Å²) in [7, 11) is 1.63. The summed E-state index contributed by atoms with van der Waals surface area (Å²) < 4.78 is 5.32. The maximum atomic E-state index is 10.9. The quantitative estimate of drug-likeness (QED) is 0.599. The monoisotopic (exact) mass is 265 g/mol. The lowest BCUT2D eigenvalue weighted by Crippen LogP contribution is -2.36. The van der Waals surface area contributed by atoms with Crippen LogP contribution in [0.1, 0.15) is 46.0 Å². The fraction of sp³-hybridized carbons (Fsp3) is 0.688. The molecule has 1 unspecified atom stereocenters. The number of hydrogen-bond acceptors (Lipinski definition) is 3. The highest BCUT2D eigenvalue weighted by molar-refractivity contribution is 5.79. The van der Waals surface area contributed by atoms with Gasteiger partial charge in [-0.25, -0.2) is 0 Å². The summed E-state index contributed by atoms with van der Waals surface area (Å²) in [5, 5.41) is 0. The van der Waals surface area contributed by atoms with Gasteiger partial charge >= 0.3 is 0 Å². The number of carbonyl (C=O) groups excluding carboxylic acids is 1. The Morgan fingerprint density at radius 1 is 1.32 bits per heavy atom. The second-order valence-corrected chi connectivity index (χ2v) is 5.06. The molecular weight excluding hydrogens is 238 g/mol. The third kappa shape index (κ3) is 4.83. The molecule has 0 heterocycles. The fourth-order valence-corrected chi connectivity index (χ4v) is 2.40.